The van der Waals surface area contributed by atoms with Crippen molar-refractivity contribution >= 4 is 11.6 Å². The number of aliphatic hydroxyl groups excluding tert-OH is 1. The van der Waals surface area contributed by atoms with Gasteiger partial charge in [-0.2, -0.15) is 0 Å². The van der Waals surface area contributed by atoms with Crippen LogP contribution in [-0.2, 0) is 11.3 Å². The Labute approximate surface area is 116 Å². The lowest BCUT2D eigenvalue weighted by molar-refractivity contribution is -0.116. The number of nitrogens with zero attached hydrogens (tertiary/aromatic N) is 3. The number of para-hydroxylation sites is 1. The highest BCUT2D eigenvalue weighted by molar-refractivity contribution is 5.92. The summed E-state index contributed by atoms with van der Waals surface area (Å²) in [7, 11) is 0. The third-order valence-corrected chi connectivity index (χ3v) is 2.54. The van der Waals surface area contributed by atoms with Crippen LogP contribution < -0.4 is 5.32 Å². The van der Waals surface area contributed by atoms with Gasteiger partial charge in [-0.05, 0) is 12.1 Å². The minimum atomic E-state index is -0.214. The maximum Gasteiger partial charge on any atom is 0.226 e. The number of aliphatic hydroxyl groups is 1. The molecule has 0 bridgehead atoms. The van der Waals surface area contributed by atoms with Crippen molar-refractivity contribution in [1.29, 1.82) is 0 Å². The zero-order chi connectivity index (χ0) is 14.2. The highest BCUT2D eigenvalue weighted by Crippen LogP contribution is 2.13. The summed E-state index contributed by atoms with van der Waals surface area (Å²) in [5, 5.41) is 19.0. The van der Waals surface area contributed by atoms with E-state index in [-0.39, 0.29) is 12.5 Å². The Morgan fingerprint density at radius 2 is 2.25 bits per heavy atom. The van der Waals surface area contributed by atoms with Gasteiger partial charge in [0.1, 0.15) is 6.61 Å². The van der Waals surface area contributed by atoms with E-state index in [0.717, 1.165) is 0 Å². The summed E-state index contributed by atoms with van der Waals surface area (Å²) in [5.41, 5.74) is 1.31. The van der Waals surface area contributed by atoms with Crippen molar-refractivity contribution in [2.75, 3.05) is 11.9 Å². The first-order valence-electron chi connectivity index (χ1n) is 6.12. The molecule has 0 aliphatic carbocycles. The molecule has 6 heteroatoms. The van der Waals surface area contributed by atoms with Gasteiger partial charge in [0.05, 0.1) is 18.4 Å². The normalized spacial score (nSPS) is 9.65. The average molecular weight is 270 g/mol. The van der Waals surface area contributed by atoms with Gasteiger partial charge in [-0.3, -0.25) is 9.48 Å². The van der Waals surface area contributed by atoms with Gasteiger partial charge in [-0.25, -0.2) is 0 Å². The fourth-order valence-corrected chi connectivity index (χ4v) is 1.62. The Hall–Kier alpha value is -2.65. The van der Waals surface area contributed by atoms with E-state index in [1.54, 1.807) is 29.2 Å². The van der Waals surface area contributed by atoms with Crippen LogP contribution in [0.3, 0.4) is 0 Å². The van der Waals surface area contributed by atoms with Crippen molar-refractivity contribution in [3.63, 3.8) is 0 Å². The van der Waals surface area contributed by atoms with Gasteiger partial charge in [-0.15, -0.1) is 5.10 Å². The molecule has 1 heterocycles. The summed E-state index contributed by atoms with van der Waals surface area (Å²) in [5.74, 6) is 5.23. The number of rotatable bonds is 4. The fraction of sp³-hybridized carbons (Fsp3) is 0.214. The number of carbonyl (C=O) groups excluding carboxylic acids is 1. The van der Waals surface area contributed by atoms with Gasteiger partial charge < -0.3 is 10.4 Å². The van der Waals surface area contributed by atoms with Crippen molar-refractivity contribution in [3.05, 3.63) is 42.2 Å². The second-order valence-corrected chi connectivity index (χ2v) is 3.97. The summed E-state index contributed by atoms with van der Waals surface area (Å²) >= 11 is 0. The second kappa shape index (κ2) is 7.07. The van der Waals surface area contributed by atoms with E-state index in [1.165, 1.54) is 0 Å². The predicted octanol–water partition coefficient (Wildman–Crippen LogP) is 0.651. The number of anilines is 1. The van der Waals surface area contributed by atoms with E-state index in [4.69, 9.17) is 5.11 Å². The van der Waals surface area contributed by atoms with Gasteiger partial charge in [-0.1, -0.05) is 29.2 Å². The van der Waals surface area contributed by atoms with Crippen molar-refractivity contribution in [3.8, 4) is 11.8 Å². The highest BCUT2D eigenvalue weighted by atomic mass is 16.2. The van der Waals surface area contributed by atoms with Crippen LogP contribution in [-0.4, -0.2) is 32.6 Å². The van der Waals surface area contributed by atoms with Crippen LogP contribution in [0.4, 0.5) is 5.69 Å². The molecule has 6 nitrogen and oxygen atoms in total. The molecule has 0 saturated carbocycles. The third kappa shape index (κ3) is 3.93. The summed E-state index contributed by atoms with van der Waals surface area (Å²) in [4.78, 5) is 11.9. The molecular weight excluding hydrogens is 256 g/mol. The minimum Gasteiger partial charge on any atom is -0.384 e. The van der Waals surface area contributed by atoms with E-state index >= 15 is 0 Å². The van der Waals surface area contributed by atoms with Crippen LogP contribution in [0.15, 0.2) is 36.7 Å². The number of hydrogen-bond acceptors (Lipinski definition) is 4. The van der Waals surface area contributed by atoms with E-state index in [9.17, 15) is 4.79 Å². The quantitative estimate of drug-likeness (QED) is 0.799. The first kappa shape index (κ1) is 13.8. The third-order valence-electron chi connectivity index (χ3n) is 2.54. The molecule has 20 heavy (non-hydrogen) atoms. The Morgan fingerprint density at radius 3 is 3.00 bits per heavy atom. The van der Waals surface area contributed by atoms with Crippen LogP contribution in [0.25, 0.3) is 0 Å². The second-order valence-electron chi connectivity index (χ2n) is 3.97. The first-order chi connectivity index (χ1) is 9.79. The molecule has 0 unspecified atom stereocenters. The number of amides is 1. The Bertz CT molecular complexity index is 626. The highest BCUT2D eigenvalue weighted by Gasteiger charge is 2.05. The Balaban J connectivity index is 1.97. The van der Waals surface area contributed by atoms with Gasteiger partial charge in [0.2, 0.25) is 5.91 Å². The SMILES string of the molecule is O=C(CCn1ccnn1)Nc1ccccc1C#CCO. The standard InChI is InChI=1S/C14H14N4O2/c19-11-3-5-12-4-1-2-6-13(12)16-14(20)7-9-18-10-8-15-17-18/h1-2,4,6,8,10,19H,7,9,11H2,(H,16,20). The van der Waals surface area contributed by atoms with Crippen LogP contribution in [0.2, 0.25) is 0 Å². The first-order valence-corrected chi connectivity index (χ1v) is 6.12. The molecule has 1 aromatic carbocycles. The largest absolute Gasteiger partial charge is 0.384 e. The van der Waals surface area contributed by atoms with Crippen LogP contribution in [0, 0.1) is 11.8 Å². The van der Waals surface area contributed by atoms with E-state index in [0.29, 0.717) is 24.2 Å². The smallest absolute Gasteiger partial charge is 0.226 e. The summed E-state index contributed by atoms with van der Waals surface area (Å²) in [6.07, 6.45) is 3.57. The van der Waals surface area contributed by atoms with Crippen LogP contribution in [0.5, 0.6) is 0 Å². The van der Waals surface area contributed by atoms with Crippen LogP contribution >= 0.6 is 0 Å². The Kier molecular flexibility index (Phi) is 4.87. The van der Waals surface area contributed by atoms with Gasteiger partial charge >= 0.3 is 0 Å². The molecule has 2 aromatic rings. The van der Waals surface area contributed by atoms with Crippen LogP contribution in [0.1, 0.15) is 12.0 Å². The number of benzene rings is 1. The number of aromatic nitrogens is 3. The van der Waals surface area contributed by atoms with Crippen molar-refractivity contribution in [2.45, 2.75) is 13.0 Å². The monoisotopic (exact) mass is 270 g/mol. The average Bonchev–Trinajstić information content (AvgIpc) is 2.97. The molecule has 2 N–H and O–H groups in total. The number of hydrogen-bond donors (Lipinski definition) is 2. The van der Waals surface area contributed by atoms with Crippen molar-refractivity contribution < 1.29 is 9.90 Å². The predicted molar refractivity (Wildman–Crippen MR) is 73.7 cm³/mol. The molecule has 102 valence electrons. The lowest BCUT2D eigenvalue weighted by Crippen LogP contribution is -2.15. The minimum absolute atomic E-state index is 0.126. The maximum atomic E-state index is 11.9. The molecule has 1 aromatic heterocycles. The number of carbonyl (C=O) groups is 1. The molecule has 0 spiro atoms. The summed E-state index contributed by atoms with van der Waals surface area (Å²) in [6.45, 7) is 0.255. The van der Waals surface area contributed by atoms with Crippen molar-refractivity contribution in [1.82, 2.24) is 15.0 Å². The lowest BCUT2D eigenvalue weighted by Gasteiger charge is -2.07. The van der Waals surface area contributed by atoms with Gasteiger partial charge in [0.15, 0.2) is 0 Å². The molecule has 0 aliphatic heterocycles. The zero-order valence-electron chi connectivity index (χ0n) is 10.8. The fourth-order valence-electron chi connectivity index (χ4n) is 1.62. The molecule has 0 radical (unpaired) electrons. The van der Waals surface area contributed by atoms with E-state index in [1.807, 2.05) is 12.1 Å². The molecule has 0 aliphatic rings. The molecular formula is C14H14N4O2. The summed E-state index contributed by atoms with van der Waals surface area (Å²) in [6, 6.07) is 7.20. The van der Waals surface area contributed by atoms with E-state index in [2.05, 4.69) is 27.5 Å². The number of aryl methyl sites for hydroxylation is 1. The zero-order valence-corrected chi connectivity index (χ0v) is 10.8. The van der Waals surface area contributed by atoms with Gasteiger partial charge in [0.25, 0.3) is 0 Å². The molecule has 0 saturated heterocycles. The van der Waals surface area contributed by atoms with E-state index < -0.39 is 0 Å². The molecule has 2 rings (SSSR count). The molecule has 0 atom stereocenters. The topological polar surface area (TPSA) is 80.0 Å². The molecule has 1 amide bonds. The van der Waals surface area contributed by atoms with Crippen molar-refractivity contribution in [2.24, 2.45) is 0 Å². The molecule has 0 fully saturated rings. The number of nitrogens with one attached hydrogen (secondary N) is 1. The lowest BCUT2D eigenvalue weighted by atomic mass is 10.2. The maximum absolute atomic E-state index is 11.9. The van der Waals surface area contributed by atoms with Gasteiger partial charge in [0, 0.05) is 18.2 Å². The summed E-state index contributed by atoms with van der Waals surface area (Å²) < 4.78 is 1.59. The Morgan fingerprint density at radius 1 is 1.40 bits per heavy atom.